The van der Waals surface area contributed by atoms with Gasteiger partial charge in [0.1, 0.15) is 0 Å². The van der Waals surface area contributed by atoms with Crippen LogP contribution in [0, 0.1) is 0 Å². The molecule has 3 nitrogen and oxygen atoms in total. The molecule has 2 unspecified atom stereocenters. The molecule has 0 aromatic carbocycles. The molecule has 13 heavy (non-hydrogen) atoms. The summed E-state index contributed by atoms with van der Waals surface area (Å²) in [6, 6.07) is 0. The maximum absolute atomic E-state index is 9.82. The molecule has 1 saturated heterocycles. The van der Waals surface area contributed by atoms with Crippen LogP contribution in [0.1, 0.15) is 33.1 Å². The van der Waals surface area contributed by atoms with Crippen LogP contribution in [0.15, 0.2) is 0 Å². The van der Waals surface area contributed by atoms with E-state index >= 15 is 0 Å². The molecule has 3 heteroatoms. The molecule has 78 valence electrons. The van der Waals surface area contributed by atoms with Crippen LogP contribution in [0.25, 0.3) is 0 Å². The van der Waals surface area contributed by atoms with Gasteiger partial charge in [-0.3, -0.25) is 0 Å². The summed E-state index contributed by atoms with van der Waals surface area (Å²) in [5.41, 5.74) is -0.493. The lowest BCUT2D eigenvalue weighted by Gasteiger charge is -2.23. The summed E-state index contributed by atoms with van der Waals surface area (Å²) < 4.78 is 0. The van der Waals surface area contributed by atoms with Crippen molar-refractivity contribution in [2.24, 2.45) is 0 Å². The first-order chi connectivity index (χ1) is 5.99. The van der Waals surface area contributed by atoms with Crippen molar-refractivity contribution in [3.05, 3.63) is 0 Å². The zero-order valence-electron chi connectivity index (χ0n) is 8.66. The second kappa shape index (κ2) is 4.40. The van der Waals surface area contributed by atoms with Crippen molar-refractivity contribution in [2.45, 2.75) is 44.8 Å². The fourth-order valence-electron chi connectivity index (χ4n) is 1.88. The normalized spacial score (nSPS) is 34.2. The van der Waals surface area contributed by atoms with Crippen molar-refractivity contribution in [3.8, 4) is 0 Å². The Morgan fingerprint density at radius 2 is 2.08 bits per heavy atom. The summed E-state index contributed by atoms with van der Waals surface area (Å²) in [7, 11) is 0. The summed E-state index contributed by atoms with van der Waals surface area (Å²) in [6.45, 7) is 6.34. The van der Waals surface area contributed by atoms with Gasteiger partial charge in [-0.25, -0.2) is 0 Å². The average Bonchev–Trinajstić information content (AvgIpc) is 2.12. The Balaban J connectivity index is 2.36. The van der Waals surface area contributed by atoms with E-state index in [-0.39, 0.29) is 6.10 Å². The van der Waals surface area contributed by atoms with Crippen LogP contribution < -0.4 is 0 Å². The smallest absolute Gasteiger partial charge is 0.0639 e. The minimum absolute atomic E-state index is 0.261. The highest BCUT2D eigenvalue weighted by Gasteiger charge is 2.24. The quantitative estimate of drug-likeness (QED) is 0.665. The Hall–Kier alpha value is -0.120. The van der Waals surface area contributed by atoms with E-state index in [1.807, 2.05) is 13.8 Å². The zero-order chi connectivity index (χ0) is 9.90. The van der Waals surface area contributed by atoms with Gasteiger partial charge in [-0.2, -0.15) is 0 Å². The summed E-state index contributed by atoms with van der Waals surface area (Å²) in [5, 5.41) is 19.0. The molecule has 0 amide bonds. The van der Waals surface area contributed by atoms with Crippen LogP contribution in [0.5, 0.6) is 0 Å². The minimum Gasteiger partial charge on any atom is -0.392 e. The minimum atomic E-state index is -0.493. The number of likely N-dealkylation sites (tertiary alicyclic amines) is 1. The van der Waals surface area contributed by atoms with Crippen LogP contribution in [0.3, 0.4) is 0 Å². The fraction of sp³-hybridized carbons (Fsp3) is 1.00. The van der Waals surface area contributed by atoms with E-state index in [2.05, 4.69) is 4.90 Å². The van der Waals surface area contributed by atoms with E-state index in [1.54, 1.807) is 0 Å². The molecule has 1 aliphatic rings. The Bertz CT molecular complexity index is 157. The van der Waals surface area contributed by atoms with Gasteiger partial charge in [0.15, 0.2) is 0 Å². The lowest BCUT2D eigenvalue weighted by atomic mass is 9.98. The molecule has 1 rings (SSSR count). The zero-order valence-corrected chi connectivity index (χ0v) is 8.66. The van der Waals surface area contributed by atoms with Crippen LogP contribution in [0.2, 0.25) is 0 Å². The van der Waals surface area contributed by atoms with Crippen molar-refractivity contribution >= 4 is 0 Å². The molecule has 0 radical (unpaired) electrons. The fourth-order valence-corrected chi connectivity index (χ4v) is 1.88. The second-order valence-electron chi connectivity index (χ2n) is 4.50. The van der Waals surface area contributed by atoms with Crippen molar-refractivity contribution in [2.75, 3.05) is 19.6 Å². The summed E-state index contributed by atoms with van der Waals surface area (Å²) >= 11 is 0. The van der Waals surface area contributed by atoms with Crippen LogP contribution >= 0.6 is 0 Å². The van der Waals surface area contributed by atoms with E-state index in [0.29, 0.717) is 0 Å². The van der Waals surface area contributed by atoms with Gasteiger partial charge >= 0.3 is 0 Å². The molecule has 1 heterocycles. The number of aliphatic hydroxyl groups is 2. The second-order valence-corrected chi connectivity index (χ2v) is 4.50. The van der Waals surface area contributed by atoms with Gasteiger partial charge in [-0.05, 0) is 39.7 Å². The molecule has 1 aliphatic heterocycles. The maximum atomic E-state index is 9.82. The monoisotopic (exact) mass is 187 g/mol. The van der Waals surface area contributed by atoms with Crippen LogP contribution in [-0.2, 0) is 0 Å². The first-order valence-corrected chi connectivity index (χ1v) is 5.12. The van der Waals surface area contributed by atoms with Crippen LogP contribution in [-0.4, -0.2) is 46.5 Å². The molecule has 0 aromatic rings. The van der Waals surface area contributed by atoms with E-state index < -0.39 is 5.60 Å². The first kappa shape index (κ1) is 11.0. The SMILES string of the molecule is CC(O)CN1CCCC(C)(O)CC1. The van der Waals surface area contributed by atoms with Gasteiger partial charge in [0.05, 0.1) is 11.7 Å². The molecule has 1 fully saturated rings. The topological polar surface area (TPSA) is 43.7 Å². The van der Waals surface area contributed by atoms with Crippen LogP contribution in [0.4, 0.5) is 0 Å². The average molecular weight is 187 g/mol. The molecule has 0 saturated carbocycles. The molecular weight excluding hydrogens is 166 g/mol. The summed E-state index contributed by atoms with van der Waals surface area (Å²) in [4.78, 5) is 2.23. The molecule has 0 aromatic heterocycles. The van der Waals surface area contributed by atoms with Gasteiger partial charge in [0.2, 0.25) is 0 Å². The van der Waals surface area contributed by atoms with E-state index in [1.165, 1.54) is 0 Å². The van der Waals surface area contributed by atoms with Crippen molar-refractivity contribution in [1.29, 1.82) is 0 Å². The van der Waals surface area contributed by atoms with Gasteiger partial charge in [-0.15, -0.1) is 0 Å². The van der Waals surface area contributed by atoms with Crippen molar-refractivity contribution in [1.82, 2.24) is 4.90 Å². The number of β-amino-alcohol motifs (C(OH)–C–C–N with tert-alkyl or cyclic N) is 1. The third kappa shape index (κ3) is 4.07. The molecule has 0 aliphatic carbocycles. The summed E-state index contributed by atoms with van der Waals surface area (Å²) in [6.07, 6.45) is 2.46. The number of nitrogens with zero attached hydrogens (tertiary/aromatic N) is 1. The molecule has 0 bridgehead atoms. The van der Waals surface area contributed by atoms with Gasteiger partial charge < -0.3 is 15.1 Å². The van der Waals surface area contributed by atoms with E-state index in [9.17, 15) is 10.2 Å². The predicted molar refractivity (Wildman–Crippen MR) is 52.6 cm³/mol. The number of hydrogen-bond acceptors (Lipinski definition) is 3. The Morgan fingerprint density at radius 3 is 2.69 bits per heavy atom. The highest BCUT2D eigenvalue weighted by Crippen LogP contribution is 2.21. The third-order valence-electron chi connectivity index (χ3n) is 2.68. The third-order valence-corrected chi connectivity index (χ3v) is 2.68. The van der Waals surface area contributed by atoms with Crippen molar-refractivity contribution in [3.63, 3.8) is 0 Å². The first-order valence-electron chi connectivity index (χ1n) is 5.12. The Morgan fingerprint density at radius 1 is 1.38 bits per heavy atom. The van der Waals surface area contributed by atoms with Gasteiger partial charge in [-0.1, -0.05) is 0 Å². The number of aliphatic hydroxyl groups excluding tert-OH is 1. The molecule has 2 atom stereocenters. The number of hydrogen-bond donors (Lipinski definition) is 2. The summed E-state index contributed by atoms with van der Waals surface area (Å²) in [5.74, 6) is 0. The van der Waals surface area contributed by atoms with E-state index in [4.69, 9.17) is 0 Å². The Kier molecular flexibility index (Phi) is 3.71. The largest absolute Gasteiger partial charge is 0.392 e. The molecule has 0 spiro atoms. The highest BCUT2D eigenvalue weighted by molar-refractivity contribution is 4.79. The van der Waals surface area contributed by atoms with Gasteiger partial charge in [0, 0.05) is 13.1 Å². The van der Waals surface area contributed by atoms with Crippen molar-refractivity contribution < 1.29 is 10.2 Å². The highest BCUT2D eigenvalue weighted by atomic mass is 16.3. The van der Waals surface area contributed by atoms with E-state index in [0.717, 1.165) is 38.9 Å². The number of rotatable bonds is 2. The standard InChI is InChI=1S/C10H21NO2/c1-9(12)8-11-6-3-4-10(2,13)5-7-11/h9,12-13H,3-8H2,1-2H3. The lowest BCUT2D eigenvalue weighted by molar-refractivity contribution is 0.0426. The predicted octanol–water partition coefficient (Wildman–Crippen LogP) is 0.604. The molecular formula is C10H21NO2. The maximum Gasteiger partial charge on any atom is 0.0639 e. The lowest BCUT2D eigenvalue weighted by Crippen LogP contribution is -2.33. The van der Waals surface area contributed by atoms with Gasteiger partial charge in [0.25, 0.3) is 0 Å². The molecule has 2 N–H and O–H groups in total. The Labute approximate surface area is 80.4 Å².